The minimum atomic E-state index is -3.62. The fraction of sp³-hybridized carbons (Fsp3) is 0.543. The first-order chi connectivity index (χ1) is 24.9. The van der Waals surface area contributed by atoms with E-state index in [0.29, 0.717) is 33.7 Å². The topological polar surface area (TPSA) is 143 Å². The Balaban J connectivity index is 0.000000340. The Labute approximate surface area is 337 Å². The van der Waals surface area contributed by atoms with Gasteiger partial charge in [0.15, 0.2) is 11.6 Å². The van der Waals surface area contributed by atoms with Crippen LogP contribution in [0.3, 0.4) is 0 Å². The van der Waals surface area contributed by atoms with Gasteiger partial charge in [-0.3, -0.25) is 0 Å². The van der Waals surface area contributed by atoms with Crippen molar-refractivity contribution in [2.45, 2.75) is 110 Å². The van der Waals surface area contributed by atoms with Crippen LogP contribution in [-0.4, -0.2) is 90.9 Å². The van der Waals surface area contributed by atoms with Gasteiger partial charge in [0.25, 0.3) is 0 Å². The normalized spacial score (nSPS) is 12.0. The third-order valence-electron chi connectivity index (χ3n) is 6.71. The van der Waals surface area contributed by atoms with Crippen molar-refractivity contribution in [1.82, 2.24) is 29.5 Å². The van der Waals surface area contributed by atoms with Crippen molar-refractivity contribution < 1.29 is 36.5 Å². The standard InChI is InChI=1S/C17H25BrFN3O2Si.C15H21BrFN3O3SSi.C3H8O/c1-12(2)24-17-20-16(14-7-6-13(18)10-15(14)19)21-22(17)11-23-8-9-25(3,4)5;1-24(21,22)15-18-14(12-6-5-11(16)9-13(12)17)19-20(15)10-23-7-8-25(2,3)4;1-3(2)4/h6-7,10,12H,8-9,11H2,1-5H3;5-6,9H,7-8,10H2,1-4H3;3-4H,1-2H3. The lowest BCUT2D eigenvalue weighted by molar-refractivity contribution is 0.0659. The molecule has 54 heavy (non-hydrogen) atoms. The van der Waals surface area contributed by atoms with Crippen LogP contribution in [-0.2, 0) is 32.8 Å². The molecule has 2 heterocycles. The van der Waals surface area contributed by atoms with Gasteiger partial charge in [0.2, 0.25) is 15.0 Å². The maximum Gasteiger partial charge on any atom is 0.317 e. The molecule has 0 unspecified atom stereocenters. The maximum absolute atomic E-state index is 14.2. The second-order valence-corrected chi connectivity index (χ2v) is 30.4. The highest BCUT2D eigenvalue weighted by Gasteiger charge is 2.23. The molecule has 19 heteroatoms. The number of aliphatic hydroxyl groups excluding tert-OH is 1. The van der Waals surface area contributed by atoms with Crippen molar-refractivity contribution in [3.05, 3.63) is 57.0 Å². The molecule has 0 saturated carbocycles. The van der Waals surface area contributed by atoms with Crippen molar-refractivity contribution in [3.8, 4) is 28.8 Å². The number of hydrogen-bond acceptors (Lipinski definition) is 10. The fourth-order valence-corrected chi connectivity index (χ4v) is 6.93. The van der Waals surface area contributed by atoms with Crippen LogP contribution in [0.1, 0.15) is 27.7 Å². The van der Waals surface area contributed by atoms with Gasteiger partial charge in [-0.2, -0.15) is 14.6 Å². The zero-order valence-electron chi connectivity index (χ0n) is 33.0. The van der Waals surface area contributed by atoms with E-state index in [1.807, 2.05) is 13.8 Å². The summed E-state index contributed by atoms with van der Waals surface area (Å²) in [6.07, 6.45) is 0.810. The predicted octanol–water partition coefficient (Wildman–Crippen LogP) is 8.90. The molecule has 0 aliphatic heterocycles. The van der Waals surface area contributed by atoms with Crippen LogP contribution < -0.4 is 4.74 Å². The molecule has 0 bridgehead atoms. The highest BCUT2D eigenvalue weighted by molar-refractivity contribution is 9.10. The van der Waals surface area contributed by atoms with Crippen LogP contribution in [0.2, 0.25) is 51.4 Å². The molecule has 0 spiro atoms. The van der Waals surface area contributed by atoms with Crippen LogP contribution >= 0.6 is 31.9 Å². The van der Waals surface area contributed by atoms with E-state index >= 15 is 0 Å². The SMILES string of the molecule is CC(C)O.CC(C)Oc1nc(-c2ccc(Br)cc2F)nn1COCC[Si](C)(C)C.C[Si](C)(C)CCOCn1nc(-c2ccc(Br)cc2F)nc1S(C)(=O)=O. The van der Waals surface area contributed by atoms with Gasteiger partial charge in [-0.15, -0.1) is 10.2 Å². The lowest BCUT2D eigenvalue weighted by Crippen LogP contribution is -2.22. The van der Waals surface area contributed by atoms with Gasteiger partial charge < -0.3 is 19.3 Å². The Morgan fingerprint density at radius 2 is 1.17 bits per heavy atom. The van der Waals surface area contributed by atoms with Crippen molar-refractivity contribution >= 4 is 57.8 Å². The summed E-state index contributed by atoms with van der Waals surface area (Å²) in [5.41, 5.74) is 0.464. The largest absolute Gasteiger partial charge is 0.461 e. The van der Waals surface area contributed by atoms with Crippen molar-refractivity contribution in [2.75, 3.05) is 19.5 Å². The average molecular weight is 941 g/mol. The van der Waals surface area contributed by atoms with Gasteiger partial charge in [-0.1, -0.05) is 71.1 Å². The van der Waals surface area contributed by atoms with E-state index in [1.165, 1.54) is 18.2 Å². The molecule has 0 fully saturated rings. The highest BCUT2D eigenvalue weighted by Crippen LogP contribution is 2.26. The van der Waals surface area contributed by atoms with E-state index in [1.54, 1.807) is 36.7 Å². The van der Waals surface area contributed by atoms with Crippen LogP contribution in [0.4, 0.5) is 8.78 Å². The lowest BCUT2D eigenvalue weighted by Gasteiger charge is -2.15. The molecule has 0 amide bonds. The number of aliphatic hydroxyl groups is 1. The van der Waals surface area contributed by atoms with E-state index in [0.717, 1.165) is 23.0 Å². The number of hydrogen-bond donors (Lipinski definition) is 1. The summed E-state index contributed by atoms with van der Waals surface area (Å²) in [6, 6.07) is 11.6. The molecular formula is C35H54Br2F2N6O6SSi2. The van der Waals surface area contributed by atoms with Gasteiger partial charge in [0.05, 0.1) is 17.2 Å². The van der Waals surface area contributed by atoms with Crippen LogP contribution in [0.25, 0.3) is 22.8 Å². The number of halogens is 4. The minimum Gasteiger partial charge on any atom is -0.461 e. The van der Waals surface area contributed by atoms with Crippen LogP contribution in [0, 0.1) is 11.6 Å². The first kappa shape index (κ1) is 47.8. The molecule has 0 radical (unpaired) electrons. The summed E-state index contributed by atoms with van der Waals surface area (Å²) in [7, 11) is -6.02. The number of rotatable bonds is 15. The average Bonchev–Trinajstić information content (AvgIpc) is 3.61. The molecular weight excluding hydrogens is 886 g/mol. The van der Waals surface area contributed by atoms with Gasteiger partial charge in [-0.05, 0) is 76.2 Å². The second kappa shape index (κ2) is 21.2. The smallest absolute Gasteiger partial charge is 0.317 e. The summed E-state index contributed by atoms with van der Waals surface area (Å²) in [5, 5.41) is 16.3. The molecule has 0 atom stereocenters. The molecule has 0 aliphatic rings. The number of sulfone groups is 1. The molecule has 12 nitrogen and oxygen atoms in total. The predicted molar refractivity (Wildman–Crippen MR) is 221 cm³/mol. The molecule has 4 rings (SSSR count). The third kappa shape index (κ3) is 17.6. The van der Waals surface area contributed by atoms with E-state index in [2.05, 4.69) is 91.3 Å². The Kier molecular flexibility index (Phi) is 18.8. The quantitative estimate of drug-likeness (QED) is 0.0907. The first-order valence-electron chi connectivity index (χ1n) is 17.4. The fourth-order valence-electron chi connectivity index (χ4n) is 4.02. The summed E-state index contributed by atoms with van der Waals surface area (Å²) in [6.45, 7) is 22.2. The van der Waals surface area contributed by atoms with E-state index in [-0.39, 0.29) is 53.9 Å². The first-order valence-corrected chi connectivity index (χ1v) is 28.3. The summed E-state index contributed by atoms with van der Waals surface area (Å²) in [4.78, 5) is 8.35. The van der Waals surface area contributed by atoms with E-state index < -0.39 is 31.8 Å². The number of aromatic nitrogens is 6. The zero-order valence-corrected chi connectivity index (χ0v) is 38.9. The Bertz CT molecular complexity index is 1900. The number of nitrogens with zero attached hydrogens (tertiary/aromatic N) is 6. The van der Waals surface area contributed by atoms with Crippen molar-refractivity contribution in [1.29, 1.82) is 0 Å². The molecule has 302 valence electrons. The van der Waals surface area contributed by atoms with Gasteiger partial charge in [-0.25, -0.2) is 21.9 Å². The Morgan fingerprint density at radius 3 is 1.56 bits per heavy atom. The van der Waals surface area contributed by atoms with Gasteiger partial charge in [0.1, 0.15) is 25.1 Å². The molecule has 0 aliphatic carbocycles. The molecule has 1 N–H and O–H groups in total. The van der Waals surface area contributed by atoms with Crippen LogP contribution in [0.15, 0.2) is 50.5 Å². The monoisotopic (exact) mass is 938 g/mol. The molecule has 4 aromatic rings. The maximum atomic E-state index is 14.2. The van der Waals surface area contributed by atoms with E-state index in [4.69, 9.17) is 19.3 Å². The highest BCUT2D eigenvalue weighted by atomic mass is 79.9. The lowest BCUT2D eigenvalue weighted by atomic mass is 10.2. The summed E-state index contributed by atoms with van der Waals surface area (Å²) >= 11 is 6.43. The Hall–Kier alpha value is -2.40. The van der Waals surface area contributed by atoms with E-state index in [9.17, 15) is 17.2 Å². The zero-order chi connectivity index (χ0) is 41.0. The van der Waals surface area contributed by atoms with Crippen molar-refractivity contribution in [3.63, 3.8) is 0 Å². The second-order valence-electron chi connectivity index (χ2n) is 15.4. The number of ether oxygens (including phenoxy) is 3. The summed E-state index contributed by atoms with van der Waals surface area (Å²) in [5.74, 6) is -0.623. The minimum absolute atomic E-state index is 0.0132. The van der Waals surface area contributed by atoms with Crippen molar-refractivity contribution in [2.24, 2.45) is 0 Å². The summed E-state index contributed by atoms with van der Waals surface area (Å²) < 4.78 is 73.2. The number of benzene rings is 2. The third-order valence-corrected chi connectivity index (χ3v) is 12.1. The molecule has 2 aromatic heterocycles. The molecule has 2 aromatic carbocycles. The van der Waals surface area contributed by atoms with Gasteiger partial charge in [0, 0.05) is 50.7 Å². The molecule has 0 saturated heterocycles. The Morgan fingerprint density at radius 1 is 0.759 bits per heavy atom. The van der Waals surface area contributed by atoms with Gasteiger partial charge >= 0.3 is 6.01 Å². The van der Waals surface area contributed by atoms with Crippen LogP contribution in [0.5, 0.6) is 6.01 Å².